The molecular formula is C13H27NO2S. The predicted octanol–water partition coefficient (Wildman–Crippen LogP) is 2.22. The SMILES string of the molecule is CCC1CS(=O)(=O)C(C(C)C)C(CC(C)C)N1. The zero-order valence-corrected chi connectivity index (χ0v) is 12.5. The topological polar surface area (TPSA) is 46.2 Å². The van der Waals surface area contributed by atoms with Gasteiger partial charge < -0.3 is 5.32 Å². The van der Waals surface area contributed by atoms with E-state index in [9.17, 15) is 8.42 Å². The molecule has 1 heterocycles. The molecule has 0 aromatic carbocycles. The van der Waals surface area contributed by atoms with Gasteiger partial charge in [0, 0.05) is 12.1 Å². The average Bonchev–Trinajstić information content (AvgIpc) is 2.13. The van der Waals surface area contributed by atoms with Crippen molar-refractivity contribution in [2.75, 3.05) is 5.75 Å². The molecule has 0 radical (unpaired) electrons. The number of nitrogens with one attached hydrogen (secondary N) is 1. The van der Waals surface area contributed by atoms with Crippen LogP contribution in [0.1, 0.15) is 47.5 Å². The first-order valence-corrected chi connectivity index (χ1v) is 8.47. The zero-order chi connectivity index (χ0) is 13.2. The Hall–Kier alpha value is -0.0900. The van der Waals surface area contributed by atoms with Gasteiger partial charge in [0.25, 0.3) is 0 Å². The largest absolute Gasteiger partial charge is 0.309 e. The smallest absolute Gasteiger partial charge is 0.156 e. The van der Waals surface area contributed by atoms with E-state index in [1.165, 1.54) is 0 Å². The Morgan fingerprint density at radius 2 is 1.82 bits per heavy atom. The Morgan fingerprint density at radius 3 is 2.24 bits per heavy atom. The molecule has 3 unspecified atom stereocenters. The molecule has 1 N–H and O–H groups in total. The summed E-state index contributed by atoms with van der Waals surface area (Å²) in [6.07, 6.45) is 1.83. The molecule has 1 aliphatic heterocycles. The summed E-state index contributed by atoms with van der Waals surface area (Å²) in [5.41, 5.74) is 0. The first-order valence-electron chi connectivity index (χ1n) is 6.75. The maximum atomic E-state index is 12.3. The predicted molar refractivity (Wildman–Crippen MR) is 72.9 cm³/mol. The van der Waals surface area contributed by atoms with Crippen LogP contribution in [-0.2, 0) is 9.84 Å². The number of sulfone groups is 1. The van der Waals surface area contributed by atoms with Gasteiger partial charge in [0.2, 0.25) is 0 Å². The molecule has 4 heteroatoms. The highest BCUT2D eigenvalue weighted by molar-refractivity contribution is 7.92. The van der Waals surface area contributed by atoms with Crippen molar-refractivity contribution in [1.82, 2.24) is 5.32 Å². The minimum absolute atomic E-state index is 0.124. The molecule has 1 rings (SSSR count). The van der Waals surface area contributed by atoms with E-state index >= 15 is 0 Å². The van der Waals surface area contributed by atoms with Crippen molar-refractivity contribution in [2.24, 2.45) is 11.8 Å². The van der Waals surface area contributed by atoms with Crippen molar-refractivity contribution in [1.29, 1.82) is 0 Å². The van der Waals surface area contributed by atoms with Gasteiger partial charge in [-0.3, -0.25) is 0 Å². The second-order valence-corrected chi connectivity index (χ2v) is 8.25. The molecule has 1 saturated heterocycles. The Morgan fingerprint density at radius 1 is 1.24 bits per heavy atom. The summed E-state index contributed by atoms with van der Waals surface area (Å²) in [6, 6.07) is 0.262. The van der Waals surface area contributed by atoms with E-state index in [2.05, 4.69) is 26.1 Å². The fourth-order valence-electron chi connectivity index (χ4n) is 2.91. The lowest BCUT2D eigenvalue weighted by atomic mass is 9.94. The van der Waals surface area contributed by atoms with Crippen LogP contribution in [0.5, 0.6) is 0 Å². The van der Waals surface area contributed by atoms with E-state index < -0.39 is 9.84 Å². The molecule has 17 heavy (non-hydrogen) atoms. The molecule has 102 valence electrons. The van der Waals surface area contributed by atoms with Crippen LogP contribution >= 0.6 is 0 Å². The molecule has 1 aliphatic rings. The number of hydrogen-bond donors (Lipinski definition) is 1. The second kappa shape index (κ2) is 5.70. The van der Waals surface area contributed by atoms with Crippen molar-refractivity contribution in [3.8, 4) is 0 Å². The van der Waals surface area contributed by atoms with Gasteiger partial charge in [0.1, 0.15) is 0 Å². The van der Waals surface area contributed by atoms with Crippen LogP contribution in [0.15, 0.2) is 0 Å². The van der Waals surface area contributed by atoms with Crippen LogP contribution in [0.3, 0.4) is 0 Å². The summed E-state index contributed by atoms with van der Waals surface area (Å²) >= 11 is 0. The highest BCUT2D eigenvalue weighted by atomic mass is 32.2. The number of rotatable bonds is 4. The highest BCUT2D eigenvalue weighted by Gasteiger charge is 2.42. The Bertz CT molecular complexity index is 335. The van der Waals surface area contributed by atoms with E-state index in [0.717, 1.165) is 12.8 Å². The summed E-state index contributed by atoms with van der Waals surface area (Å²) in [6.45, 7) is 10.4. The minimum Gasteiger partial charge on any atom is -0.309 e. The zero-order valence-electron chi connectivity index (χ0n) is 11.7. The molecule has 0 amide bonds. The van der Waals surface area contributed by atoms with Gasteiger partial charge >= 0.3 is 0 Å². The van der Waals surface area contributed by atoms with Crippen molar-refractivity contribution >= 4 is 9.84 Å². The van der Waals surface area contributed by atoms with Crippen molar-refractivity contribution in [3.63, 3.8) is 0 Å². The van der Waals surface area contributed by atoms with Gasteiger partial charge in [-0.25, -0.2) is 8.42 Å². The monoisotopic (exact) mass is 261 g/mol. The van der Waals surface area contributed by atoms with E-state index in [0.29, 0.717) is 11.7 Å². The normalized spacial score (nSPS) is 33.2. The Balaban J connectivity index is 2.95. The summed E-state index contributed by atoms with van der Waals surface area (Å²) in [5.74, 6) is 1.02. The molecular weight excluding hydrogens is 234 g/mol. The van der Waals surface area contributed by atoms with Crippen molar-refractivity contribution in [2.45, 2.75) is 64.8 Å². The van der Waals surface area contributed by atoms with Crippen molar-refractivity contribution < 1.29 is 8.42 Å². The molecule has 1 fully saturated rings. The third kappa shape index (κ3) is 3.68. The van der Waals surface area contributed by atoms with Crippen molar-refractivity contribution in [3.05, 3.63) is 0 Å². The van der Waals surface area contributed by atoms with Gasteiger partial charge in [0.15, 0.2) is 9.84 Å². The highest BCUT2D eigenvalue weighted by Crippen LogP contribution is 2.27. The molecule has 0 saturated carbocycles. The summed E-state index contributed by atoms with van der Waals surface area (Å²) in [5, 5.41) is 3.33. The molecule has 0 aromatic heterocycles. The fourth-order valence-corrected chi connectivity index (χ4v) is 5.55. The fraction of sp³-hybridized carbons (Fsp3) is 1.00. The molecule has 0 aliphatic carbocycles. The summed E-state index contributed by atoms with van der Waals surface area (Å²) in [7, 11) is -2.94. The standard InChI is InChI=1S/C13H27NO2S/c1-6-11-8-17(15,16)13(10(4)5)12(14-11)7-9(2)3/h9-14H,6-8H2,1-5H3. The molecule has 0 bridgehead atoms. The summed E-state index contributed by atoms with van der Waals surface area (Å²) in [4.78, 5) is 0. The Kier molecular flexibility index (Phi) is 5.02. The van der Waals surface area contributed by atoms with Crippen LogP contribution < -0.4 is 5.32 Å². The Labute approximate surface area is 106 Å². The van der Waals surface area contributed by atoms with Gasteiger partial charge in [0.05, 0.1) is 11.0 Å². The van der Waals surface area contributed by atoms with Gasteiger partial charge in [-0.05, 0) is 24.7 Å². The van der Waals surface area contributed by atoms with E-state index in [4.69, 9.17) is 0 Å². The van der Waals surface area contributed by atoms with E-state index in [-0.39, 0.29) is 23.3 Å². The third-order valence-corrected chi connectivity index (χ3v) is 6.14. The average molecular weight is 261 g/mol. The number of hydrogen-bond acceptors (Lipinski definition) is 3. The van der Waals surface area contributed by atoms with Gasteiger partial charge in [-0.15, -0.1) is 0 Å². The van der Waals surface area contributed by atoms with Gasteiger partial charge in [-0.2, -0.15) is 0 Å². The van der Waals surface area contributed by atoms with E-state index in [1.807, 2.05) is 13.8 Å². The lowest BCUT2D eigenvalue weighted by molar-refractivity contribution is 0.312. The molecule has 0 spiro atoms. The van der Waals surface area contributed by atoms with Gasteiger partial charge in [-0.1, -0.05) is 34.6 Å². The first kappa shape index (κ1) is 15.0. The van der Waals surface area contributed by atoms with Crippen LogP contribution in [0, 0.1) is 11.8 Å². The quantitative estimate of drug-likeness (QED) is 0.844. The van der Waals surface area contributed by atoms with Crippen LogP contribution in [-0.4, -0.2) is 31.5 Å². The summed E-state index contributed by atoms with van der Waals surface area (Å²) < 4.78 is 24.7. The molecule has 3 nitrogen and oxygen atoms in total. The minimum atomic E-state index is -2.94. The molecule has 0 aromatic rings. The lowest BCUT2D eigenvalue weighted by Crippen LogP contribution is -2.59. The molecule has 3 atom stereocenters. The third-order valence-electron chi connectivity index (χ3n) is 3.57. The maximum absolute atomic E-state index is 12.3. The van der Waals surface area contributed by atoms with Crippen LogP contribution in [0.2, 0.25) is 0 Å². The van der Waals surface area contributed by atoms with Crippen LogP contribution in [0.25, 0.3) is 0 Å². The van der Waals surface area contributed by atoms with E-state index in [1.54, 1.807) is 0 Å². The first-order chi connectivity index (χ1) is 7.77. The lowest BCUT2D eigenvalue weighted by Gasteiger charge is -2.39. The maximum Gasteiger partial charge on any atom is 0.156 e. The van der Waals surface area contributed by atoms with Crippen LogP contribution in [0.4, 0.5) is 0 Å². The second-order valence-electron chi connectivity index (χ2n) is 6.05.